The fourth-order valence-corrected chi connectivity index (χ4v) is 4.28. The van der Waals surface area contributed by atoms with E-state index in [1.807, 2.05) is 12.1 Å². The van der Waals surface area contributed by atoms with Gasteiger partial charge in [0.25, 0.3) is 0 Å². The molecule has 0 spiro atoms. The highest BCUT2D eigenvalue weighted by Crippen LogP contribution is 2.34. The van der Waals surface area contributed by atoms with Gasteiger partial charge in [-0.15, -0.1) is 24.0 Å². The highest BCUT2D eigenvalue weighted by Gasteiger charge is 2.28. The SMILES string of the molecule is CN=C(NCCOc1ccc2c(c1)OCO2)NC1CCS(=O)(=O)C1.I. The molecule has 2 aliphatic heterocycles. The van der Waals surface area contributed by atoms with Crippen molar-refractivity contribution in [1.29, 1.82) is 0 Å². The summed E-state index contributed by atoms with van der Waals surface area (Å²) >= 11 is 0. The Hall–Kier alpha value is -1.43. The Morgan fingerprint density at radius 2 is 2.16 bits per heavy atom. The summed E-state index contributed by atoms with van der Waals surface area (Å²) in [4.78, 5) is 4.10. The van der Waals surface area contributed by atoms with Gasteiger partial charge in [-0.1, -0.05) is 0 Å². The zero-order valence-electron chi connectivity index (χ0n) is 13.9. The van der Waals surface area contributed by atoms with Crippen molar-refractivity contribution < 1.29 is 22.6 Å². The molecule has 2 heterocycles. The number of guanidine groups is 1. The standard InChI is InChI=1S/C15H21N3O5S.HI/c1-16-15(18-11-4-7-24(19,20)9-11)17-5-6-21-12-2-3-13-14(8-12)23-10-22-13;/h2-3,8,11H,4-7,9-10H2,1H3,(H2,16,17,18);1H. The van der Waals surface area contributed by atoms with Crippen molar-refractivity contribution in [3.63, 3.8) is 0 Å². The van der Waals surface area contributed by atoms with E-state index in [0.29, 0.717) is 37.0 Å². The van der Waals surface area contributed by atoms with Gasteiger partial charge in [0, 0.05) is 19.2 Å². The monoisotopic (exact) mass is 483 g/mol. The number of fused-ring (bicyclic) bond motifs is 1. The normalized spacial score (nSPS) is 20.7. The molecule has 25 heavy (non-hydrogen) atoms. The molecule has 1 fully saturated rings. The van der Waals surface area contributed by atoms with Crippen molar-refractivity contribution in [3.05, 3.63) is 18.2 Å². The zero-order chi connectivity index (χ0) is 17.0. The third-order valence-electron chi connectivity index (χ3n) is 3.80. The van der Waals surface area contributed by atoms with Crippen LogP contribution in [0.2, 0.25) is 0 Å². The Morgan fingerprint density at radius 3 is 2.88 bits per heavy atom. The molecule has 2 aliphatic rings. The minimum Gasteiger partial charge on any atom is -0.492 e. The maximum Gasteiger partial charge on any atom is 0.231 e. The first-order chi connectivity index (χ1) is 11.6. The first-order valence-corrected chi connectivity index (χ1v) is 9.58. The predicted molar refractivity (Wildman–Crippen MR) is 105 cm³/mol. The molecule has 3 rings (SSSR count). The summed E-state index contributed by atoms with van der Waals surface area (Å²) < 4.78 is 39.1. The Labute approximate surface area is 164 Å². The van der Waals surface area contributed by atoms with E-state index < -0.39 is 9.84 Å². The minimum atomic E-state index is -2.91. The molecule has 1 saturated heterocycles. The van der Waals surface area contributed by atoms with Gasteiger partial charge in [0.15, 0.2) is 27.3 Å². The first kappa shape index (κ1) is 19.9. The molecular formula is C15H22IN3O5S. The van der Waals surface area contributed by atoms with Gasteiger partial charge >= 0.3 is 0 Å². The van der Waals surface area contributed by atoms with Crippen LogP contribution in [-0.2, 0) is 9.84 Å². The van der Waals surface area contributed by atoms with Crippen LogP contribution in [0.25, 0.3) is 0 Å². The van der Waals surface area contributed by atoms with E-state index in [1.165, 1.54) is 0 Å². The Bertz CT molecular complexity index is 726. The maximum absolute atomic E-state index is 11.5. The summed E-state index contributed by atoms with van der Waals surface area (Å²) in [5.41, 5.74) is 0. The van der Waals surface area contributed by atoms with Gasteiger partial charge in [0.1, 0.15) is 12.4 Å². The number of sulfone groups is 1. The van der Waals surface area contributed by atoms with Crippen molar-refractivity contribution in [2.45, 2.75) is 12.5 Å². The van der Waals surface area contributed by atoms with Crippen LogP contribution in [0.3, 0.4) is 0 Å². The van der Waals surface area contributed by atoms with Gasteiger partial charge in [0.2, 0.25) is 6.79 Å². The molecule has 2 N–H and O–H groups in total. The van der Waals surface area contributed by atoms with Gasteiger partial charge in [-0.25, -0.2) is 8.42 Å². The fourth-order valence-electron chi connectivity index (χ4n) is 2.60. The average molecular weight is 483 g/mol. The summed E-state index contributed by atoms with van der Waals surface area (Å²) in [5, 5.41) is 6.23. The van der Waals surface area contributed by atoms with Crippen LogP contribution in [0, 0.1) is 0 Å². The third-order valence-corrected chi connectivity index (χ3v) is 5.57. The van der Waals surface area contributed by atoms with Crippen LogP contribution in [0.1, 0.15) is 6.42 Å². The molecule has 0 radical (unpaired) electrons. The average Bonchev–Trinajstić information content (AvgIpc) is 3.15. The van der Waals surface area contributed by atoms with Gasteiger partial charge in [0.05, 0.1) is 18.1 Å². The second-order valence-corrected chi connectivity index (χ2v) is 7.84. The summed E-state index contributed by atoms with van der Waals surface area (Å²) in [7, 11) is -1.26. The molecule has 8 nitrogen and oxygen atoms in total. The van der Waals surface area contributed by atoms with E-state index in [1.54, 1.807) is 13.1 Å². The second-order valence-electron chi connectivity index (χ2n) is 5.61. The van der Waals surface area contributed by atoms with E-state index in [0.717, 1.165) is 5.75 Å². The lowest BCUT2D eigenvalue weighted by Gasteiger charge is -2.16. The van der Waals surface area contributed by atoms with Gasteiger partial charge in [-0.05, 0) is 18.6 Å². The number of nitrogens with zero attached hydrogens (tertiary/aromatic N) is 1. The van der Waals surface area contributed by atoms with Crippen molar-refractivity contribution in [3.8, 4) is 17.2 Å². The molecule has 0 saturated carbocycles. The minimum absolute atomic E-state index is 0. The molecule has 1 atom stereocenters. The van der Waals surface area contributed by atoms with Crippen molar-refractivity contribution in [2.75, 3.05) is 38.5 Å². The van der Waals surface area contributed by atoms with E-state index in [4.69, 9.17) is 14.2 Å². The fraction of sp³-hybridized carbons (Fsp3) is 0.533. The maximum atomic E-state index is 11.5. The van der Waals surface area contributed by atoms with Gasteiger partial charge in [-0.2, -0.15) is 0 Å². The van der Waals surface area contributed by atoms with Crippen LogP contribution in [0.15, 0.2) is 23.2 Å². The number of rotatable bonds is 5. The first-order valence-electron chi connectivity index (χ1n) is 7.76. The quantitative estimate of drug-likeness (QED) is 0.276. The molecule has 0 bridgehead atoms. The van der Waals surface area contributed by atoms with Crippen LogP contribution in [-0.4, -0.2) is 58.9 Å². The van der Waals surface area contributed by atoms with Crippen molar-refractivity contribution >= 4 is 39.8 Å². The molecule has 1 unspecified atom stereocenters. The van der Waals surface area contributed by atoms with Crippen LogP contribution in [0.5, 0.6) is 17.2 Å². The van der Waals surface area contributed by atoms with Crippen molar-refractivity contribution in [1.82, 2.24) is 10.6 Å². The van der Waals surface area contributed by atoms with Gasteiger partial charge < -0.3 is 24.8 Å². The second kappa shape index (κ2) is 8.79. The smallest absolute Gasteiger partial charge is 0.231 e. The molecule has 10 heteroatoms. The van der Waals surface area contributed by atoms with Crippen LogP contribution < -0.4 is 24.8 Å². The number of hydrogen-bond acceptors (Lipinski definition) is 6. The number of nitrogens with one attached hydrogen (secondary N) is 2. The highest BCUT2D eigenvalue weighted by molar-refractivity contribution is 14.0. The lowest BCUT2D eigenvalue weighted by Crippen LogP contribution is -2.45. The Balaban J connectivity index is 0.00000225. The number of hydrogen-bond donors (Lipinski definition) is 2. The number of ether oxygens (including phenoxy) is 3. The summed E-state index contributed by atoms with van der Waals surface area (Å²) in [6.07, 6.45) is 0.608. The Kier molecular flexibility index (Phi) is 6.99. The van der Waals surface area contributed by atoms with E-state index >= 15 is 0 Å². The highest BCUT2D eigenvalue weighted by atomic mass is 127. The predicted octanol–water partition coefficient (Wildman–Crippen LogP) is 0.764. The van der Waals surface area contributed by atoms with E-state index in [-0.39, 0.29) is 48.3 Å². The molecule has 0 aliphatic carbocycles. The lowest BCUT2D eigenvalue weighted by molar-refractivity contribution is 0.173. The number of benzene rings is 1. The third kappa shape index (κ3) is 5.53. The molecular weight excluding hydrogens is 461 g/mol. The van der Waals surface area contributed by atoms with E-state index in [9.17, 15) is 8.42 Å². The largest absolute Gasteiger partial charge is 0.492 e. The molecule has 0 amide bonds. The van der Waals surface area contributed by atoms with Crippen LogP contribution in [0.4, 0.5) is 0 Å². The topological polar surface area (TPSA) is 98.2 Å². The van der Waals surface area contributed by atoms with Crippen LogP contribution >= 0.6 is 24.0 Å². The summed E-state index contributed by atoms with van der Waals surface area (Å²) in [6.45, 7) is 1.20. The lowest BCUT2D eigenvalue weighted by atomic mass is 10.3. The number of halogens is 1. The molecule has 1 aromatic rings. The number of aliphatic imine (C=N–C) groups is 1. The molecule has 1 aromatic carbocycles. The molecule has 140 valence electrons. The Morgan fingerprint density at radius 1 is 1.36 bits per heavy atom. The zero-order valence-corrected chi connectivity index (χ0v) is 17.0. The van der Waals surface area contributed by atoms with Crippen molar-refractivity contribution in [2.24, 2.45) is 4.99 Å². The van der Waals surface area contributed by atoms with E-state index in [2.05, 4.69) is 15.6 Å². The summed E-state index contributed by atoms with van der Waals surface area (Å²) in [5.74, 6) is 3.06. The molecule has 0 aromatic heterocycles. The van der Waals surface area contributed by atoms with Gasteiger partial charge in [-0.3, -0.25) is 4.99 Å². The summed E-state index contributed by atoms with van der Waals surface area (Å²) in [6, 6.07) is 5.34.